The predicted octanol–water partition coefficient (Wildman–Crippen LogP) is 3.11. The highest BCUT2D eigenvalue weighted by atomic mass is 35.5. The average Bonchev–Trinajstić information content (AvgIpc) is 2.40. The molecule has 1 N–H and O–H groups in total. The Balaban J connectivity index is 2.19. The van der Waals surface area contributed by atoms with Crippen molar-refractivity contribution in [2.45, 2.75) is 12.5 Å². The van der Waals surface area contributed by atoms with Crippen molar-refractivity contribution in [1.82, 2.24) is 4.98 Å². The maximum Gasteiger partial charge on any atom is 0.223 e. The van der Waals surface area contributed by atoms with Crippen LogP contribution in [0.25, 0.3) is 0 Å². The summed E-state index contributed by atoms with van der Waals surface area (Å²) >= 11 is 5.79. The number of aromatic nitrogens is 1. The first-order valence-electron chi connectivity index (χ1n) is 5.21. The smallest absolute Gasteiger partial charge is 0.223 e. The van der Waals surface area contributed by atoms with Gasteiger partial charge in [0, 0.05) is 11.8 Å². The molecule has 0 saturated carbocycles. The third-order valence-electron chi connectivity index (χ3n) is 2.31. The van der Waals surface area contributed by atoms with Crippen LogP contribution in [-0.4, -0.2) is 10.1 Å². The van der Waals surface area contributed by atoms with Gasteiger partial charge in [-0.3, -0.25) is 0 Å². The van der Waals surface area contributed by atoms with E-state index in [-0.39, 0.29) is 6.61 Å². The first kappa shape index (κ1) is 11.9. The van der Waals surface area contributed by atoms with Gasteiger partial charge in [0.2, 0.25) is 5.88 Å². The molecule has 0 aliphatic heterocycles. The highest BCUT2D eigenvalue weighted by Gasteiger charge is 2.04. The lowest BCUT2D eigenvalue weighted by molar-refractivity contribution is 0.281. The van der Waals surface area contributed by atoms with Gasteiger partial charge in [0.25, 0.3) is 0 Å². The summed E-state index contributed by atoms with van der Waals surface area (Å²) in [6, 6.07) is 10.9. The Bertz CT molecular complexity index is 485. The van der Waals surface area contributed by atoms with Gasteiger partial charge in [-0.1, -0.05) is 18.2 Å². The van der Waals surface area contributed by atoms with E-state index in [0.29, 0.717) is 17.5 Å². The summed E-state index contributed by atoms with van der Waals surface area (Å²) in [7, 11) is 0. The van der Waals surface area contributed by atoms with E-state index in [4.69, 9.17) is 21.4 Å². The van der Waals surface area contributed by atoms with E-state index >= 15 is 0 Å². The van der Waals surface area contributed by atoms with Crippen molar-refractivity contribution in [3.05, 3.63) is 53.7 Å². The SMILES string of the molecule is OCc1ccc(Oc2ncccc2CCl)cc1. The Morgan fingerprint density at radius 1 is 1.18 bits per heavy atom. The molecule has 0 fully saturated rings. The van der Waals surface area contributed by atoms with Crippen LogP contribution >= 0.6 is 11.6 Å². The molecule has 0 aliphatic carbocycles. The van der Waals surface area contributed by atoms with Gasteiger partial charge in [-0.25, -0.2) is 4.98 Å². The molecule has 1 aromatic heterocycles. The molecule has 3 nitrogen and oxygen atoms in total. The number of benzene rings is 1. The van der Waals surface area contributed by atoms with Crippen molar-refractivity contribution in [2.24, 2.45) is 0 Å². The molecule has 1 aromatic carbocycles. The summed E-state index contributed by atoms with van der Waals surface area (Å²) in [5.41, 5.74) is 1.69. The number of alkyl halides is 1. The molecule has 0 spiro atoms. The molecule has 0 radical (unpaired) electrons. The van der Waals surface area contributed by atoms with Crippen LogP contribution in [0.2, 0.25) is 0 Å². The molecular formula is C13H12ClNO2. The summed E-state index contributed by atoms with van der Waals surface area (Å²) in [5, 5.41) is 8.93. The predicted molar refractivity (Wildman–Crippen MR) is 66.2 cm³/mol. The standard InChI is InChI=1S/C13H12ClNO2/c14-8-11-2-1-7-15-13(11)17-12-5-3-10(9-16)4-6-12/h1-7,16H,8-9H2. The number of pyridine rings is 1. The molecule has 2 rings (SSSR count). The van der Waals surface area contributed by atoms with E-state index in [0.717, 1.165) is 11.1 Å². The number of aliphatic hydroxyl groups excluding tert-OH is 1. The zero-order chi connectivity index (χ0) is 12.1. The summed E-state index contributed by atoms with van der Waals surface area (Å²) < 4.78 is 5.62. The number of halogens is 1. The van der Waals surface area contributed by atoms with Crippen LogP contribution in [0.1, 0.15) is 11.1 Å². The van der Waals surface area contributed by atoms with Gasteiger partial charge in [-0.2, -0.15) is 0 Å². The molecule has 0 amide bonds. The van der Waals surface area contributed by atoms with Gasteiger partial charge in [0.15, 0.2) is 0 Å². The maximum absolute atomic E-state index is 8.93. The van der Waals surface area contributed by atoms with Crippen LogP contribution in [0, 0.1) is 0 Å². The fraction of sp³-hybridized carbons (Fsp3) is 0.154. The van der Waals surface area contributed by atoms with Gasteiger partial charge in [0.05, 0.1) is 12.5 Å². The Kier molecular flexibility index (Phi) is 3.96. The van der Waals surface area contributed by atoms with E-state index in [1.54, 1.807) is 30.5 Å². The zero-order valence-corrected chi connectivity index (χ0v) is 9.89. The second-order valence-corrected chi connectivity index (χ2v) is 3.77. The lowest BCUT2D eigenvalue weighted by atomic mass is 10.2. The van der Waals surface area contributed by atoms with Crippen LogP contribution in [0.5, 0.6) is 11.6 Å². The second-order valence-electron chi connectivity index (χ2n) is 3.51. The number of hydrogen-bond acceptors (Lipinski definition) is 3. The summed E-state index contributed by atoms with van der Waals surface area (Å²) in [6.07, 6.45) is 1.66. The number of ether oxygens (including phenoxy) is 1. The van der Waals surface area contributed by atoms with Crippen molar-refractivity contribution < 1.29 is 9.84 Å². The molecule has 88 valence electrons. The quantitative estimate of drug-likeness (QED) is 0.847. The van der Waals surface area contributed by atoms with Crippen molar-refractivity contribution in [1.29, 1.82) is 0 Å². The largest absolute Gasteiger partial charge is 0.439 e. The average molecular weight is 250 g/mol. The number of aliphatic hydroxyl groups is 1. The lowest BCUT2D eigenvalue weighted by Gasteiger charge is -2.08. The van der Waals surface area contributed by atoms with Gasteiger partial charge < -0.3 is 9.84 Å². The third-order valence-corrected chi connectivity index (χ3v) is 2.60. The minimum absolute atomic E-state index is 0.0246. The lowest BCUT2D eigenvalue weighted by Crippen LogP contribution is -1.92. The molecule has 0 saturated heterocycles. The van der Waals surface area contributed by atoms with Gasteiger partial charge >= 0.3 is 0 Å². The highest BCUT2D eigenvalue weighted by molar-refractivity contribution is 6.17. The summed E-state index contributed by atoms with van der Waals surface area (Å²) in [6.45, 7) is 0.0246. The van der Waals surface area contributed by atoms with Crippen LogP contribution in [0.4, 0.5) is 0 Å². The van der Waals surface area contributed by atoms with E-state index in [9.17, 15) is 0 Å². The fourth-order valence-corrected chi connectivity index (χ4v) is 1.60. The summed E-state index contributed by atoms with van der Waals surface area (Å²) in [5.74, 6) is 1.55. The molecule has 0 atom stereocenters. The van der Waals surface area contributed by atoms with Crippen LogP contribution in [-0.2, 0) is 12.5 Å². The summed E-state index contributed by atoms with van der Waals surface area (Å²) in [4.78, 5) is 4.13. The number of rotatable bonds is 4. The maximum atomic E-state index is 8.93. The highest BCUT2D eigenvalue weighted by Crippen LogP contribution is 2.24. The molecule has 0 bridgehead atoms. The Morgan fingerprint density at radius 2 is 1.94 bits per heavy atom. The van der Waals surface area contributed by atoms with Crippen molar-refractivity contribution in [3.63, 3.8) is 0 Å². The third kappa shape index (κ3) is 2.96. The van der Waals surface area contributed by atoms with E-state index < -0.39 is 0 Å². The fourth-order valence-electron chi connectivity index (χ4n) is 1.39. The molecule has 0 unspecified atom stereocenters. The molecule has 0 aliphatic rings. The van der Waals surface area contributed by atoms with Crippen LogP contribution in [0.3, 0.4) is 0 Å². The Labute approximate surface area is 105 Å². The molecule has 2 aromatic rings. The van der Waals surface area contributed by atoms with Crippen molar-refractivity contribution in [2.75, 3.05) is 0 Å². The monoisotopic (exact) mass is 249 g/mol. The van der Waals surface area contributed by atoms with Crippen LogP contribution in [0.15, 0.2) is 42.6 Å². The molecular weight excluding hydrogens is 238 g/mol. The Morgan fingerprint density at radius 3 is 2.59 bits per heavy atom. The van der Waals surface area contributed by atoms with Crippen molar-refractivity contribution in [3.8, 4) is 11.6 Å². The van der Waals surface area contributed by atoms with E-state index in [1.807, 2.05) is 12.1 Å². The minimum Gasteiger partial charge on any atom is -0.439 e. The molecule has 4 heteroatoms. The molecule has 1 heterocycles. The van der Waals surface area contributed by atoms with Gasteiger partial charge in [0.1, 0.15) is 5.75 Å². The van der Waals surface area contributed by atoms with Gasteiger partial charge in [-0.15, -0.1) is 11.6 Å². The van der Waals surface area contributed by atoms with Crippen LogP contribution < -0.4 is 4.74 Å². The Hall–Kier alpha value is -1.58. The topological polar surface area (TPSA) is 42.4 Å². The first-order valence-corrected chi connectivity index (χ1v) is 5.74. The van der Waals surface area contributed by atoms with Crippen molar-refractivity contribution >= 4 is 11.6 Å². The minimum atomic E-state index is 0.0246. The number of nitrogens with zero attached hydrogens (tertiary/aromatic N) is 1. The normalized spacial score (nSPS) is 10.2. The van der Waals surface area contributed by atoms with E-state index in [2.05, 4.69) is 4.98 Å². The zero-order valence-electron chi connectivity index (χ0n) is 9.14. The number of hydrogen-bond donors (Lipinski definition) is 1. The van der Waals surface area contributed by atoms with E-state index in [1.165, 1.54) is 0 Å². The second kappa shape index (κ2) is 5.66. The first-order chi connectivity index (χ1) is 8.33. The van der Waals surface area contributed by atoms with Gasteiger partial charge in [-0.05, 0) is 23.8 Å². The molecule has 17 heavy (non-hydrogen) atoms.